The summed E-state index contributed by atoms with van der Waals surface area (Å²) in [6.07, 6.45) is -0.593. The van der Waals surface area contributed by atoms with E-state index in [0.29, 0.717) is 18.9 Å². The molecule has 1 atom stereocenters. The number of halogens is 2. The Morgan fingerprint density at radius 1 is 1.33 bits per heavy atom. The van der Waals surface area contributed by atoms with Crippen LogP contribution < -0.4 is 15.4 Å². The number of carbonyl (C=O) groups is 1. The molecule has 1 rings (SSSR count). The van der Waals surface area contributed by atoms with Crippen molar-refractivity contribution in [2.24, 2.45) is 0 Å². The minimum Gasteiger partial charge on any atom is -0.479 e. The van der Waals surface area contributed by atoms with Gasteiger partial charge in [0.2, 0.25) is 0 Å². The molecule has 0 radical (unpaired) electrons. The molecule has 0 spiro atoms. The number of nitrogens with one attached hydrogen (secondary N) is 2. The number of hydrogen-bond acceptors (Lipinski definition) is 4. The van der Waals surface area contributed by atoms with Crippen LogP contribution in [0.4, 0.5) is 0 Å². The fraction of sp³-hybridized carbons (Fsp3) is 0.500. The number of rotatable bonds is 8. The Morgan fingerprint density at radius 3 is 2.48 bits per heavy atom. The third-order valence-corrected chi connectivity index (χ3v) is 3.89. The molecule has 2 N–H and O–H groups in total. The molecule has 0 heterocycles. The van der Waals surface area contributed by atoms with E-state index in [1.54, 1.807) is 14.0 Å². The SMILES string of the molecule is CNCc1cc(Br)c(OC(C)C(=O)NCCOC)c(Br)c1. The van der Waals surface area contributed by atoms with Gasteiger partial charge in [0, 0.05) is 20.2 Å². The van der Waals surface area contributed by atoms with E-state index < -0.39 is 6.10 Å². The van der Waals surface area contributed by atoms with Crippen LogP contribution in [0.5, 0.6) is 5.75 Å². The second kappa shape index (κ2) is 9.40. The lowest BCUT2D eigenvalue weighted by Crippen LogP contribution is -2.38. The second-order valence-corrected chi connectivity index (χ2v) is 6.17. The van der Waals surface area contributed by atoms with Crippen LogP contribution in [-0.4, -0.2) is 39.3 Å². The Kier molecular flexibility index (Phi) is 8.24. The number of benzene rings is 1. The molecule has 0 saturated heterocycles. The summed E-state index contributed by atoms with van der Waals surface area (Å²) in [6, 6.07) is 3.93. The van der Waals surface area contributed by atoms with Crippen molar-refractivity contribution in [2.75, 3.05) is 27.3 Å². The van der Waals surface area contributed by atoms with Crippen molar-refractivity contribution in [2.45, 2.75) is 19.6 Å². The maximum atomic E-state index is 11.9. The first kappa shape index (κ1) is 18.4. The average molecular weight is 424 g/mol. The second-order valence-electron chi connectivity index (χ2n) is 4.46. The van der Waals surface area contributed by atoms with Gasteiger partial charge in [0.1, 0.15) is 5.75 Å². The molecule has 1 aromatic rings. The first-order valence-corrected chi connectivity index (χ1v) is 8.14. The summed E-state index contributed by atoms with van der Waals surface area (Å²) in [5.74, 6) is 0.439. The number of carbonyl (C=O) groups excluding carboxylic acids is 1. The molecule has 1 unspecified atom stereocenters. The summed E-state index contributed by atoms with van der Waals surface area (Å²) in [5.41, 5.74) is 1.11. The van der Waals surface area contributed by atoms with Crippen molar-refractivity contribution in [3.8, 4) is 5.75 Å². The van der Waals surface area contributed by atoms with E-state index in [-0.39, 0.29) is 5.91 Å². The minimum atomic E-state index is -0.593. The molecule has 118 valence electrons. The topological polar surface area (TPSA) is 59.6 Å². The van der Waals surface area contributed by atoms with Crippen LogP contribution in [0.1, 0.15) is 12.5 Å². The molecule has 0 bridgehead atoms. The van der Waals surface area contributed by atoms with E-state index in [0.717, 1.165) is 21.1 Å². The monoisotopic (exact) mass is 422 g/mol. The predicted molar refractivity (Wildman–Crippen MR) is 89.6 cm³/mol. The number of ether oxygens (including phenoxy) is 2. The Hall–Kier alpha value is -0.630. The highest BCUT2D eigenvalue weighted by atomic mass is 79.9. The highest BCUT2D eigenvalue weighted by molar-refractivity contribution is 9.11. The van der Waals surface area contributed by atoms with E-state index in [2.05, 4.69) is 42.5 Å². The Morgan fingerprint density at radius 2 is 1.95 bits per heavy atom. The molecule has 0 aliphatic rings. The van der Waals surface area contributed by atoms with Crippen molar-refractivity contribution < 1.29 is 14.3 Å². The Balaban J connectivity index is 2.71. The van der Waals surface area contributed by atoms with E-state index in [9.17, 15) is 4.79 Å². The van der Waals surface area contributed by atoms with Gasteiger partial charge in [-0.15, -0.1) is 0 Å². The van der Waals surface area contributed by atoms with Gasteiger partial charge >= 0.3 is 0 Å². The van der Waals surface area contributed by atoms with Crippen LogP contribution >= 0.6 is 31.9 Å². The maximum Gasteiger partial charge on any atom is 0.260 e. The molecule has 0 aliphatic carbocycles. The summed E-state index contributed by atoms with van der Waals surface area (Å²) < 4.78 is 12.2. The van der Waals surface area contributed by atoms with Gasteiger partial charge in [-0.05, 0) is 63.5 Å². The van der Waals surface area contributed by atoms with Gasteiger partial charge < -0.3 is 20.1 Å². The standard InChI is InChI=1S/C14H20Br2N2O3/c1-9(14(19)18-4-5-20-3)21-13-11(15)6-10(8-17-2)7-12(13)16/h6-7,9,17H,4-5,8H2,1-3H3,(H,18,19). The molecule has 5 nitrogen and oxygen atoms in total. The molecule has 0 aliphatic heterocycles. The van der Waals surface area contributed by atoms with Gasteiger partial charge in [0.15, 0.2) is 6.10 Å². The molecule has 0 fully saturated rings. The highest BCUT2D eigenvalue weighted by Gasteiger charge is 2.18. The van der Waals surface area contributed by atoms with Crippen LogP contribution in [-0.2, 0) is 16.1 Å². The minimum absolute atomic E-state index is 0.176. The van der Waals surface area contributed by atoms with E-state index in [4.69, 9.17) is 9.47 Å². The quantitative estimate of drug-likeness (QED) is 0.630. The smallest absolute Gasteiger partial charge is 0.260 e. The van der Waals surface area contributed by atoms with Crippen LogP contribution in [0, 0.1) is 0 Å². The fourth-order valence-corrected chi connectivity index (χ4v) is 3.15. The summed E-state index contributed by atoms with van der Waals surface area (Å²) >= 11 is 6.95. The maximum absolute atomic E-state index is 11.9. The normalized spacial score (nSPS) is 12.0. The summed E-state index contributed by atoms with van der Waals surface area (Å²) in [6.45, 7) is 3.41. The van der Waals surface area contributed by atoms with Crippen LogP contribution in [0.25, 0.3) is 0 Å². The van der Waals surface area contributed by atoms with Gasteiger partial charge in [-0.3, -0.25) is 4.79 Å². The third kappa shape index (κ3) is 5.94. The molecule has 1 amide bonds. The molecule has 0 aromatic heterocycles. The predicted octanol–water partition coefficient (Wildman–Crippen LogP) is 2.46. The molecule has 1 aromatic carbocycles. The molecular formula is C14H20Br2N2O3. The molecule has 7 heteroatoms. The van der Waals surface area contributed by atoms with Gasteiger partial charge in [-0.25, -0.2) is 0 Å². The van der Waals surface area contributed by atoms with Crippen LogP contribution in [0.2, 0.25) is 0 Å². The van der Waals surface area contributed by atoms with Gasteiger partial charge in [0.05, 0.1) is 15.6 Å². The molecule has 21 heavy (non-hydrogen) atoms. The van der Waals surface area contributed by atoms with Gasteiger partial charge in [-0.2, -0.15) is 0 Å². The number of amides is 1. The summed E-state index contributed by atoms with van der Waals surface area (Å²) in [7, 11) is 3.48. The first-order valence-electron chi connectivity index (χ1n) is 6.55. The summed E-state index contributed by atoms with van der Waals surface area (Å²) in [5, 5.41) is 5.83. The Bertz CT molecular complexity index is 460. The van der Waals surface area contributed by atoms with Crippen molar-refractivity contribution in [1.82, 2.24) is 10.6 Å². The van der Waals surface area contributed by atoms with E-state index >= 15 is 0 Å². The zero-order chi connectivity index (χ0) is 15.8. The average Bonchev–Trinajstić information content (AvgIpc) is 2.43. The summed E-state index contributed by atoms with van der Waals surface area (Å²) in [4.78, 5) is 11.9. The van der Waals surface area contributed by atoms with E-state index in [1.807, 2.05) is 19.2 Å². The first-order chi connectivity index (χ1) is 9.99. The van der Waals surface area contributed by atoms with Crippen molar-refractivity contribution in [1.29, 1.82) is 0 Å². The Labute approximate surface area is 142 Å². The zero-order valence-electron chi connectivity index (χ0n) is 12.3. The molecular weight excluding hydrogens is 404 g/mol. The van der Waals surface area contributed by atoms with Gasteiger partial charge in [0.25, 0.3) is 5.91 Å². The zero-order valence-corrected chi connectivity index (χ0v) is 15.5. The van der Waals surface area contributed by atoms with Crippen LogP contribution in [0.15, 0.2) is 21.1 Å². The lowest BCUT2D eigenvalue weighted by molar-refractivity contribution is -0.127. The van der Waals surface area contributed by atoms with Crippen molar-refractivity contribution in [3.05, 3.63) is 26.6 Å². The van der Waals surface area contributed by atoms with Crippen molar-refractivity contribution in [3.63, 3.8) is 0 Å². The van der Waals surface area contributed by atoms with Crippen molar-refractivity contribution >= 4 is 37.8 Å². The highest BCUT2D eigenvalue weighted by Crippen LogP contribution is 2.35. The lowest BCUT2D eigenvalue weighted by Gasteiger charge is -2.17. The third-order valence-electron chi connectivity index (χ3n) is 2.71. The van der Waals surface area contributed by atoms with Gasteiger partial charge in [-0.1, -0.05) is 0 Å². The number of methoxy groups -OCH3 is 1. The van der Waals surface area contributed by atoms with Crippen LogP contribution in [0.3, 0.4) is 0 Å². The molecule has 0 saturated carbocycles. The largest absolute Gasteiger partial charge is 0.479 e. The lowest BCUT2D eigenvalue weighted by atomic mass is 10.2. The number of hydrogen-bond donors (Lipinski definition) is 2. The fourth-order valence-electron chi connectivity index (χ4n) is 1.68. The van der Waals surface area contributed by atoms with E-state index in [1.165, 1.54) is 0 Å².